The maximum Gasteiger partial charge on any atom is 0.232 e. The minimum Gasteiger partial charge on any atom is -0.390 e. The van der Waals surface area contributed by atoms with Gasteiger partial charge >= 0.3 is 0 Å². The van der Waals surface area contributed by atoms with Crippen LogP contribution in [-0.4, -0.2) is 34.3 Å². The largest absolute Gasteiger partial charge is 0.390 e. The minimum absolute atomic E-state index is 0.0501. The Morgan fingerprint density at radius 3 is 2.36 bits per heavy atom. The second-order valence-corrected chi connectivity index (χ2v) is 6.60. The van der Waals surface area contributed by atoms with Gasteiger partial charge in [0.05, 0.1) is 17.1 Å². The van der Waals surface area contributed by atoms with E-state index in [0.717, 1.165) is 11.1 Å². The molecule has 1 N–H and O–H groups in total. The van der Waals surface area contributed by atoms with Crippen molar-refractivity contribution in [3.05, 3.63) is 71.8 Å². The number of nitrogens with zero attached hydrogens (tertiary/aromatic N) is 1. The molecule has 2 atom stereocenters. The Morgan fingerprint density at radius 2 is 1.68 bits per heavy atom. The van der Waals surface area contributed by atoms with E-state index in [1.165, 1.54) is 11.8 Å². The van der Waals surface area contributed by atoms with Crippen LogP contribution in [0.4, 0.5) is 0 Å². The summed E-state index contributed by atoms with van der Waals surface area (Å²) in [6, 6.07) is 19.8. The molecule has 0 spiro atoms. The van der Waals surface area contributed by atoms with Crippen molar-refractivity contribution in [1.29, 1.82) is 0 Å². The molecule has 0 radical (unpaired) electrons. The number of hydrogen-bond donors (Lipinski definition) is 1. The van der Waals surface area contributed by atoms with E-state index < -0.39 is 6.10 Å². The van der Waals surface area contributed by atoms with Crippen molar-refractivity contribution in [2.45, 2.75) is 17.9 Å². The van der Waals surface area contributed by atoms with Crippen LogP contribution in [0.2, 0.25) is 0 Å². The third kappa shape index (κ3) is 3.51. The summed E-state index contributed by atoms with van der Waals surface area (Å²) < 4.78 is 0. The first-order valence-corrected chi connectivity index (χ1v) is 8.45. The number of amides is 1. The standard InChI is InChI=1S/C18H19NO2S/c20-16-12-19(11-14-7-3-1-4-8-14)17(21)13-22-18(16)15-9-5-2-6-10-15/h1-10,16,18,20H,11-13H2/t16-,18-/m1/s1. The second kappa shape index (κ2) is 6.99. The van der Waals surface area contributed by atoms with Crippen LogP contribution in [0.5, 0.6) is 0 Å². The van der Waals surface area contributed by atoms with Crippen molar-refractivity contribution in [3.8, 4) is 0 Å². The van der Waals surface area contributed by atoms with Gasteiger partial charge in [0.15, 0.2) is 0 Å². The summed E-state index contributed by atoms with van der Waals surface area (Å²) in [5.41, 5.74) is 2.17. The molecule has 4 heteroatoms. The lowest BCUT2D eigenvalue weighted by atomic mass is 10.1. The first-order valence-electron chi connectivity index (χ1n) is 7.40. The molecule has 1 amide bonds. The Balaban J connectivity index is 1.74. The highest BCUT2D eigenvalue weighted by molar-refractivity contribution is 8.00. The van der Waals surface area contributed by atoms with Gasteiger partial charge < -0.3 is 10.0 Å². The van der Waals surface area contributed by atoms with E-state index in [-0.39, 0.29) is 11.2 Å². The van der Waals surface area contributed by atoms with Crippen LogP contribution >= 0.6 is 11.8 Å². The number of hydrogen-bond acceptors (Lipinski definition) is 3. The average Bonchev–Trinajstić information content (AvgIpc) is 2.69. The van der Waals surface area contributed by atoms with Crippen LogP contribution in [-0.2, 0) is 11.3 Å². The van der Waals surface area contributed by atoms with Gasteiger partial charge in [-0.05, 0) is 11.1 Å². The zero-order valence-electron chi connectivity index (χ0n) is 12.3. The van der Waals surface area contributed by atoms with Crippen LogP contribution in [0.15, 0.2) is 60.7 Å². The fraction of sp³-hybridized carbons (Fsp3) is 0.278. The van der Waals surface area contributed by atoms with E-state index >= 15 is 0 Å². The van der Waals surface area contributed by atoms with E-state index in [9.17, 15) is 9.90 Å². The Hall–Kier alpha value is -1.78. The van der Waals surface area contributed by atoms with Crippen molar-refractivity contribution >= 4 is 17.7 Å². The topological polar surface area (TPSA) is 40.5 Å². The van der Waals surface area contributed by atoms with Crippen molar-refractivity contribution in [1.82, 2.24) is 4.90 Å². The summed E-state index contributed by atoms with van der Waals surface area (Å²) in [6.45, 7) is 0.930. The molecule has 1 fully saturated rings. The monoisotopic (exact) mass is 313 g/mol. The SMILES string of the molecule is O=C1CS[C@H](c2ccccc2)[C@H](O)CN1Cc1ccccc1. The molecule has 2 aromatic carbocycles. The normalized spacial score (nSPS) is 22.4. The summed E-state index contributed by atoms with van der Waals surface area (Å²) in [5.74, 6) is 0.495. The van der Waals surface area contributed by atoms with Crippen molar-refractivity contribution in [3.63, 3.8) is 0 Å². The molecule has 0 aliphatic carbocycles. The van der Waals surface area contributed by atoms with Gasteiger partial charge in [-0.15, -0.1) is 11.8 Å². The Labute approximate surface area is 135 Å². The second-order valence-electron chi connectivity index (χ2n) is 5.47. The lowest BCUT2D eigenvalue weighted by molar-refractivity contribution is -0.130. The fourth-order valence-corrected chi connectivity index (χ4v) is 3.87. The molecule has 3 rings (SSSR count). The first-order chi connectivity index (χ1) is 10.7. The van der Waals surface area contributed by atoms with E-state index in [0.29, 0.717) is 18.8 Å². The maximum absolute atomic E-state index is 12.3. The number of rotatable bonds is 3. The molecular weight excluding hydrogens is 294 g/mol. The molecule has 3 nitrogen and oxygen atoms in total. The zero-order chi connectivity index (χ0) is 15.4. The molecule has 2 aromatic rings. The Bertz CT molecular complexity index is 617. The van der Waals surface area contributed by atoms with Crippen LogP contribution in [0, 0.1) is 0 Å². The molecular formula is C18H19NO2S. The summed E-state index contributed by atoms with van der Waals surface area (Å²) >= 11 is 1.53. The number of β-amino-alcohol motifs (C(OH)–C–C–N with tert-alkyl or cyclic N) is 1. The summed E-state index contributed by atoms with van der Waals surface area (Å²) in [4.78, 5) is 14.1. The van der Waals surface area contributed by atoms with Gasteiger partial charge in [0.25, 0.3) is 0 Å². The maximum atomic E-state index is 12.3. The van der Waals surface area contributed by atoms with Gasteiger partial charge in [0.1, 0.15) is 0 Å². The Morgan fingerprint density at radius 1 is 1.05 bits per heavy atom. The zero-order valence-corrected chi connectivity index (χ0v) is 13.1. The molecule has 114 valence electrons. The van der Waals surface area contributed by atoms with Gasteiger partial charge in [-0.25, -0.2) is 0 Å². The van der Waals surface area contributed by atoms with E-state index in [4.69, 9.17) is 0 Å². The van der Waals surface area contributed by atoms with Gasteiger partial charge in [-0.3, -0.25) is 4.79 Å². The average molecular weight is 313 g/mol. The quantitative estimate of drug-likeness (QED) is 0.947. The highest BCUT2D eigenvalue weighted by Crippen LogP contribution is 2.35. The fourth-order valence-electron chi connectivity index (χ4n) is 2.70. The lowest BCUT2D eigenvalue weighted by Crippen LogP contribution is -2.36. The summed E-state index contributed by atoms with van der Waals surface area (Å²) in [5, 5.41) is 10.5. The van der Waals surface area contributed by atoms with Crippen LogP contribution in [0.25, 0.3) is 0 Å². The molecule has 1 saturated heterocycles. The number of aliphatic hydroxyl groups is 1. The van der Waals surface area contributed by atoms with Crippen LogP contribution in [0.3, 0.4) is 0 Å². The minimum atomic E-state index is -0.553. The number of carbonyl (C=O) groups is 1. The molecule has 0 aromatic heterocycles. The van der Waals surface area contributed by atoms with E-state index in [1.54, 1.807) is 4.90 Å². The van der Waals surface area contributed by atoms with Crippen LogP contribution in [0.1, 0.15) is 16.4 Å². The molecule has 1 aliphatic heterocycles. The molecule has 1 heterocycles. The van der Waals surface area contributed by atoms with Gasteiger partial charge in [0, 0.05) is 13.1 Å². The summed E-state index contributed by atoms with van der Waals surface area (Å²) in [7, 11) is 0. The Kier molecular flexibility index (Phi) is 4.80. The summed E-state index contributed by atoms with van der Waals surface area (Å²) in [6.07, 6.45) is -0.553. The molecule has 0 unspecified atom stereocenters. The van der Waals surface area contributed by atoms with Crippen molar-refractivity contribution in [2.24, 2.45) is 0 Å². The number of benzene rings is 2. The molecule has 0 bridgehead atoms. The molecule has 0 saturated carbocycles. The van der Waals surface area contributed by atoms with E-state index in [2.05, 4.69) is 0 Å². The highest BCUT2D eigenvalue weighted by Gasteiger charge is 2.30. The van der Waals surface area contributed by atoms with Crippen molar-refractivity contribution in [2.75, 3.05) is 12.3 Å². The lowest BCUT2D eigenvalue weighted by Gasteiger charge is -2.24. The third-order valence-corrected chi connectivity index (χ3v) is 5.20. The molecule has 1 aliphatic rings. The van der Waals surface area contributed by atoms with Crippen LogP contribution < -0.4 is 0 Å². The first kappa shape index (κ1) is 15.1. The van der Waals surface area contributed by atoms with Gasteiger partial charge in [-0.2, -0.15) is 0 Å². The highest BCUT2D eigenvalue weighted by atomic mass is 32.2. The van der Waals surface area contributed by atoms with Gasteiger partial charge in [-0.1, -0.05) is 60.7 Å². The predicted octanol–water partition coefficient (Wildman–Crippen LogP) is 2.86. The number of thioether (sulfide) groups is 1. The van der Waals surface area contributed by atoms with Crippen molar-refractivity contribution < 1.29 is 9.90 Å². The smallest absolute Gasteiger partial charge is 0.232 e. The third-order valence-electron chi connectivity index (χ3n) is 3.84. The molecule has 22 heavy (non-hydrogen) atoms. The van der Waals surface area contributed by atoms with Gasteiger partial charge in [0.2, 0.25) is 5.91 Å². The number of carbonyl (C=O) groups excluding carboxylic acids is 1. The van der Waals surface area contributed by atoms with E-state index in [1.807, 2.05) is 60.7 Å². The number of aliphatic hydroxyl groups excluding tert-OH is 1. The predicted molar refractivity (Wildman–Crippen MR) is 89.5 cm³/mol.